The van der Waals surface area contributed by atoms with E-state index in [4.69, 9.17) is 4.74 Å². The number of rotatable bonds is 4. The van der Waals surface area contributed by atoms with E-state index in [0.29, 0.717) is 31.1 Å². The van der Waals surface area contributed by atoms with Gasteiger partial charge in [-0.25, -0.2) is 4.68 Å². The Kier molecular flexibility index (Phi) is 4.77. The predicted molar refractivity (Wildman–Crippen MR) is 97.1 cm³/mol. The Balaban J connectivity index is 1.45. The van der Waals surface area contributed by atoms with Crippen LogP contribution < -0.4 is 5.32 Å². The van der Waals surface area contributed by atoms with Gasteiger partial charge in [-0.3, -0.25) is 9.78 Å². The van der Waals surface area contributed by atoms with Gasteiger partial charge in [0.15, 0.2) is 5.69 Å². The highest BCUT2D eigenvalue weighted by atomic mass is 79.9. The standard InChI is InChI=1S/C18H16BrN5O2/c19-14-5-3-13(4-6-14)16-10-24-15(11-26-16)17(22-23-24)18(25)21-9-12-2-1-7-20-8-12/h1-8,16H,9-11H2,(H,21,25)/t16-/m0/s1. The van der Waals surface area contributed by atoms with Crippen LogP contribution in [0.15, 0.2) is 53.3 Å². The second-order valence-corrected chi connectivity index (χ2v) is 6.88. The quantitative estimate of drug-likeness (QED) is 0.710. The molecule has 132 valence electrons. The van der Waals surface area contributed by atoms with Crippen LogP contribution in [0.3, 0.4) is 0 Å². The van der Waals surface area contributed by atoms with Gasteiger partial charge in [-0.2, -0.15) is 0 Å². The Hall–Kier alpha value is -2.58. The molecule has 0 saturated carbocycles. The Morgan fingerprint density at radius 1 is 1.31 bits per heavy atom. The van der Waals surface area contributed by atoms with Crippen molar-refractivity contribution in [3.8, 4) is 0 Å². The van der Waals surface area contributed by atoms with Gasteiger partial charge in [0, 0.05) is 23.4 Å². The van der Waals surface area contributed by atoms with Gasteiger partial charge < -0.3 is 10.1 Å². The normalized spacial score (nSPS) is 16.1. The van der Waals surface area contributed by atoms with Crippen LogP contribution in [0.2, 0.25) is 0 Å². The number of fused-ring (bicyclic) bond motifs is 1. The maximum absolute atomic E-state index is 12.4. The molecular weight excluding hydrogens is 398 g/mol. The summed E-state index contributed by atoms with van der Waals surface area (Å²) in [5, 5.41) is 11.0. The van der Waals surface area contributed by atoms with E-state index < -0.39 is 0 Å². The molecule has 3 heterocycles. The first-order chi connectivity index (χ1) is 12.7. The largest absolute Gasteiger partial charge is 0.365 e. The van der Waals surface area contributed by atoms with E-state index in [1.165, 1.54) is 0 Å². The molecule has 0 saturated heterocycles. The summed E-state index contributed by atoms with van der Waals surface area (Å²) in [5.74, 6) is -0.263. The van der Waals surface area contributed by atoms with Gasteiger partial charge in [0.05, 0.1) is 18.8 Å². The Bertz CT molecular complexity index is 911. The van der Waals surface area contributed by atoms with Crippen LogP contribution in [0.1, 0.15) is 33.4 Å². The number of aromatic nitrogens is 4. The smallest absolute Gasteiger partial charge is 0.274 e. The third-order valence-corrected chi connectivity index (χ3v) is 4.76. The predicted octanol–water partition coefficient (Wildman–Crippen LogP) is 2.64. The number of nitrogens with one attached hydrogen (secondary N) is 1. The summed E-state index contributed by atoms with van der Waals surface area (Å²) in [6.07, 6.45) is 3.30. The maximum Gasteiger partial charge on any atom is 0.274 e. The SMILES string of the molecule is O=C(NCc1cccnc1)c1nnn2c1CO[C@H](c1ccc(Br)cc1)C2. The lowest BCUT2D eigenvalue weighted by Crippen LogP contribution is -2.27. The van der Waals surface area contributed by atoms with Crippen molar-refractivity contribution in [2.45, 2.75) is 25.8 Å². The van der Waals surface area contributed by atoms with Crippen LogP contribution in [0, 0.1) is 0 Å². The van der Waals surface area contributed by atoms with E-state index in [9.17, 15) is 4.79 Å². The van der Waals surface area contributed by atoms with Crippen LogP contribution in [-0.4, -0.2) is 25.9 Å². The van der Waals surface area contributed by atoms with E-state index in [1.54, 1.807) is 17.1 Å². The van der Waals surface area contributed by atoms with Gasteiger partial charge >= 0.3 is 0 Å². The molecule has 7 nitrogen and oxygen atoms in total. The van der Waals surface area contributed by atoms with Gasteiger partial charge in [-0.05, 0) is 29.3 Å². The zero-order valence-electron chi connectivity index (χ0n) is 13.8. The third-order valence-electron chi connectivity index (χ3n) is 4.23. The molecule has 8 heteroatoms. The minimum Gasteiger partial charge on any atom is -0.365 e. The van der Waals surface area contributed by atoms with E-state index in [0.717, 1.165) is 15.6 Å². The molecule has 2 aromatic heterocycles. The average Bonchev–Trinajstić information content (AvgIpc) is 3.11. The molecule has 0 bridgehead atoms. The molecule has 1 amide bonds. The summed E-state index contributed by atoms with van der Waals surface area (Å²) in [6.45, 7) is 1.21. The topological polar surface area (TPSA) is 81.9 Å². The molecule has 1 aromatic carbocycles. The van der Waals surface area contributed by atoms with E-state index in [2.05, 4.69) is 36.5 Å². The van der Waals surface area contributed by atoms with Crippen LogP contribution >= 0.6 is 15.9 Å². The van der Waals surface area contributed by atoms with Crippen molar-refractivity contribution in [3.05, 3.63) is 75.8 Å². The number of carbonyl (C=O) groups is 1. The lowest BCUT2D eigenvalue weighted by Gasteiger charge is -2.24. The highest BCUT2D eigenvalue weighted by molar-refractivity contribution is 9.10. The van der Waals surface area contributed by atoms with Gasteiger partial charge in [-0.15, -0.1) is 5.10 Å². The van der Waals surface area contributed by atoms with Crippen molar-refractivity contribution in [1.29, 1.82) is 0 Å². The van der Waals surface area contributed by atoms with Crippen molar-refractivity contribution in [3.63, 3.8) is 0 Å². The Morgan fingerprint density at radius 3 is 2.92 bits per heavy atom. The maximum atomic E-state index is 12.4. The van der Waals surface area contributed by atoms with Crippen LogP contribution in [0.25, 0.3) is 0 Å². The van der Waals surface area contributed by atoms with Gasteiger partial charge in [0.2, 0.25) is 0 Å². The van der Waals surface area contributed by atoms with Gasteiger partial charge in [0.25, 0.3) is 5.91 Å². The van der Waals surface area contributed by atoms with E-state index in [-0.39, 0.29) is 12.0 Å². The molecule has 1 aliphatic rings. The lowest BCUT2D eigenvalue weighted by atomic mass is 10.1. The average molecular weight is 414 g/mol. The van der Waals surface area contributed by atoms with Crippen molar-refractivity contribution in [2.75, 3.05) is 0 Å². The summed E-state index contributed by atoms with van der Waals surface area (Å²) in [4.78, 5) is 16.5. The molecule has 1 N–H and O–H groups in total. The molecule has 0 aliphatic carbocycles. The molecular formula is C18H16BrN5O2. The van der Waals surface area contributed by atoms with Gasteiger partial charge in [-0.1, -0.05) is 39.3 Å². The number of nitrogens with zero attached hydrogens (tertiary/aromatic N) is 4. The molecule has 26 heavy (non-hydrogen) atoms. The van der Waals surface area contributed by atoms with Crippen LogP contribution in [0.4, 0.5) is 0 Å². The van der Waals surface area contributed by atoms with Crippen molar-refractivity contribution >= 4 is 21.8 Å². The van der Waals surface area contributed by atoms with Crippen LogP contribution in [0.5, 0.6) is 0 Å². The second kappa shape index (κ2) is 7.35. The number of amides is 1. The molecule has 0 radical (unpaired) electrons. The number of hydrogen-bond donors (Lipinski definition) is 1. The molecule has 0 unspecified atom stereocenters. The fourth-order valence-corrected chi connectivity index (χ4v) is 3.10. The zero-order chi connectivity index (χ0) is 17.9. The van der Waals surface area contributed by atoms with Crippen molar-refractivity contribution in [2.24, 2.45) is 0 Å². The number of hydrogen-bond acceptors (Lipinski definition) is 5. The summed E-state index contributed by atoms with van der Waals surface area (Å²) in [7, 11) is 0. The monoisotopic (exact) mass is 413 g/mol. The first-order valence-electron chi connectivity index (χ1n) is 8.17. The first kappa shape index (κ1) is 16.9. The first-order valence-corrected chi connectivity index (χ1v) is 8.96. The number of carbonyl (C=O) groups excluding carboxylic acids is 1. The third kappa shape index (κ3) is 3.51. The van der Waals surface area contributed by atoms with Crippen molar-refractivity contribution in [1.82, 2.24) is 25.3 Å². The highest BCUT2D eigenvalue weighted by Crippen LogP contribution is 2.27. The fraction of sp³-hybridized carbons (Fsp3) is 0.222. The summed E-state index contributed by atoms with van der Waals surface area (Å²) < 4.78 is 8.70. The molecule has 1 atom stereocenters. The van der Waals surface area contributed by atoms with E-state index in [1.807, 2.05) is 36.4 Å². The Morgan fingerprint density at radius 2 is 2.15 bits per heavy atom. The fourth-order valence-electron chi connectivity index (χ4n) is 2.84. The molecule has 0 fully saturated rings. The second-order valence-electron chi connectivity index (χ2n) is 5.96. The highest BCUT2D eigenvalue weighted by Gasteiger charge is 2.27. The van der Waals surface area contributed by atoms with E-state index >= 15 is 0 Å². The molecule has 3 aromatic rings. The summed E-state index contributed by atoms with van der Waals surface area (Å²) >= 11 is 3.43. The molecule has 0 spiro atoms. The van der Waals surface area contributed by atoms with Gasteiger partial charge in [0.1, 0.15) is 6.10 Å². The number of benzene rings is 1. The van der Waals surface area contributed by atoms with Crippen molar-refractivity contribution < 1.29 is 9.53 Å². The minimum atomic E-state index is -0.263. The lowest BCUT2D eigenvalue weighted by molar-refractivity contribution is -0.00177. The number of halogens is 1. The molecule has 1 aliphatic heterocycles. The minimum absolute atomic E-state index is 0.108. The summed E-state index contributed by atoms with van der Waals surface area (Å²) in [6, 6.07) is 11.7. The zero-order valence-corrected chi connectivity index (χ0v) is 15.4. The molecule has 4 rings (SSSR count). The number of pyridine rings is 1. The summed E-state index contributed by atoms with van der Waals surface area (Å²) in [5.41, 5.74) is 3.00. The Labute approximate surface area is 158 Å². The van der Waals surface area contributed by atoms with Crippen LogP contribution in [-0.2, 0) is 24.4 Å². The number of ether oxygens (including phenoxy) is 1.